The van der Waals surface area contributed by atoms with E-state index in [1.807, 2.05) is 0 Å². The second kappa shape index (κ2) is 5.57. The Bertz CT molecular complexity index is 488. The molecule has 3 nitrogen and oxygen atoms in total. The van der Waals surface area contributed by atoms with E-state index < -0.39 is 0 Å². The first-order valence-electron chi connectivity index (χ1n) is 7.80. The molecule has 0 aliphatic heterocycles. The van der Waals surface area contributed by atoms with Crippen molar-refractivity contribution in [3.8, 4) is 0 Å². The number of carbonyl (C=O) groups excluding carboxylic acids is 1. The van der Waals surface area contributed by atoms with Gasteiger partial charge < -0.3 is 11.1 Å². The normalized spacial score (nSPS) is 23.6. The highest BCUT2D eigenvalue weighted by atomic mass is 16.1. The molecule has 2 aliphatic rings. The molecule has 2 aliphatic carbocycles. The molecule has 20 heavy (non-hydrogen) atoms. The van der Waals surface area contributed by atoms with Gasteiger partial charge in [-0.1, -0.05) is 30.7 Å². The van der Waals surface area contributed by atoms with Gasteiger partial charge in [-0.2, -0.15) is 0 Å². The summed E-state index contributed by atoms with van der Waals surface area (Å²) in [4.78, 5) is 12.3. The summed E-state index contributed by atoms with van der Waals surface area (Å²) in [6.07, 6.45) is 7.38. The van der Waals surface area contributed by atoms with Crippen molar-refractivity contribution in [1.82, 2.24) is 5.32 Å². The largest absolute Gasteiger partial charge is 0.349 e. The van der Waals surface area contributed by atoms with Gasteiger partial charge in [0.2, 0.25) is 5.91 Å². The van der Waals surface area contributed by atoms with E-state index in [2.05, 4.69) is 29.6 Å². The number of nitrogens with two attached hydrogens (primary N) is 1. The molecule has 1 unspecified atom stereocenters. The Balaban J connectivity index is 1.65. The quantitative estimate of drug-likeness (QED) is 0.885. The molecule has 1 atom stereocenters. The Hall–Kier alpha value is -1.35. The predicted octanol–water partition coefficient (Wildman–Crippen LogP) is 2.70. The van der Waals surface area contributed by atoms with E-state index >= 15 is 0 Å². The molecule has 0 aromatic heterocycles. The lowest BCUT2D eigenvalue weighted by molar-refractivity contribution is -0.125. The Morgan fingerprint density at radius 2 is 2.10 bits per heavy atom. The van der Waals surface area contributed by atoms with Crippen molar-refractivity contribution in [2.24, 2.45) is 11.1 Å². The minimum absolute atomic E-state index is 0.0955. The van der Waals surface area contributed by atoms with Gasteiger partial charge in [-0.3, -0.25) is 4.79 Å². The lowest BCUT2D eigenvalue weighted by Gasteiger charge is -2.40. The van der Waals surface area contributed by atoms with Gasteiger partial charge in [0.05, 0.1) is 6.04 Å². The Morgan fingerprint density at radius 3 is 2.80 bits per heavy atom. The molecule has 0 radical (unpaired) electrons. The molecule has 1 amide bonds. The highest BCUT2D eigenvalue weighted by Gasteiger charge is 2.38. The summed E-state index contributed by atoms with van der Waals surface area (Å²) in [7, 11) is 0. The first-order chi connectivity index (χ1) is 9.72. The van der Waals surface area contributed by atoms with E-state index in [-0.39, 0.29) is 17.4 Å². The fourth-order valence-corrected chi connectivity index (χ4v) is 3.62. The highest BCUT2D eigenvalue weighted by molar-refractivity contribution is 5.77. The summed E-state index contributed by atoms with van der Waals surface area (Å²) in [5.74, 6) is 0.178. The number of nitrogens with one attached hydrogen (secondary N) is 1. The Kier molecular flexibility index (Phi) is 3.79. The Labute approximate surface area is 120 Å². The predicted molar refractivity (Wildman–Crippen MR) is 80.2 cm³/mol. The zero-order valence-corrected chi connectivity index (χ0v) is 12.0. The molecule has 1 saturated carbocycles. The number of rotatable bonds is 4. The first-order valence-corrected chi connectivity index (χ1v) is 7.80. The van der Waals surface area contributed by atoms with Gasteiger partial charge in [-0.25, -0.2) is 0 Å². The molecule has 1 aromatic carbocycles. The van der Waals surface area contributed by atoms with Crippen LogP contribution in [0, 0.1) is 5.41 Å². The van der Waals surface area contributed by atoms with E-state index in [0.29, 0.717) is 13.0 Å². The number of benzene rings is 1. The minimum atomic E-state index is 0.0955. The van der Waals surface area contributed by atoms with Crippen molar-refractivity contribution in [1.29, 1.82) is 0 Å². The van der Waals surface area contributed by atoms with Crippen LogP contribution in [0.25, 0.3) is 0 Å². The molecule has 3 N–H and O–H groups in total. The average molecular weight is 272 g/mol. The molecule has 1 aromatic rings. The van der Waals surface area contributed by atoms with Crippen LogP contribution in [0.5, 0.6) is 0 Å². The number of aryl methyl sites for hydroxylation is 1. The molecule has 0 bridgehead atoms. The van der Waals surface area contributed by atoms with Crippen LogP contribution in [0.2, 0.25) is 0 Å². The molecule has 1 fully saturated rings. The fourth-order valence-electron chi connectivity index (χ4n) is 3.62. The maximum Gasteiger partial charge on any atom is 0.221 e. The number of hydrogen-bond acceptors (Lipinski definition) is 2. The molecule has 108 valence electrons. The third-order valence-electron chi connectivity index (χ3n) is 5.09. The monoisotopic (exact) mass is 272 g/mol. The summed E-state index contributed by atoms with van der Waals surface area (Å²) >= 11 is 0. The topological polar surface area (TPSA) is 55.1 Å². The zero-order valence-electron chi connectivity index (χ0n) is 12.0. The maximum atomic E-state index is 12.3. The number of hydrogen-bond donors (Lipinski definition) is 2. The second-order valence-electron chi connectivity index (χ2n) is 6.45. The van der Waals surface area contributed by atoms with E-state index in [0.717, 1.165) is 32.1 Å². The van der Waals surface area contributed by atoms with Crippen LogP contribution in [0.4, 0.5) is 0 Å². The maximum absolute atomic E-state index is 12.3. The van der Waals surface area contributed by atoms with Crippen LogP contribution in [0.3, 0.4) is 0 Å². The zero-order chi connectivity index (χ0) is 14.0. The molecular weight excluding hydrogens is 248 g/mol. The lowest BCUT2D eigenvalue weighted by Crippen LogP contribution is -2.43. The van der Waals surface area contributed by atoms with E-state index in [4.69, 9.17) is 5.73 Å². The molecular formula is C17H24N2O. The van der Waals surface area contributed by atoms with E-state index in [9.17, 15) is 4.79 Å². The van der Waals surface area contributed by atoms with Crippen LogP contribution in [0.15, 0.2) is 24.3 Å². The number of amides is 1. The smallest absolute Gasteiger partial charge is 0.221 e. The molecule has 0 heterocycles. The fraction of sp³-hybridized carbons (Fsp3) is 0.588. The van der Waals surface area contributed by atoms with E-state index in [1.54, 1.807) is 0 Å². The van der Waals surface area contributed by atoms with Crippen LogP contribution < -0.4 is 11.1 Å². The van der Waals surface area contributed by atoms with Gasteiger partial charge >= 0.3 is 0 Å². The molecule has 0 spiro atoms. The van der Waals surface area contributed by atoms with Crippen molar-refractivity contribution in [2.45, 2.75) is 51.0 Å². The van der Waals surface area contributed by atoms with Gasteiger partial charge in [-0.05, 0) is 55.2 Å². The minimum Gasteiger partial charge on any atom is -0.349 e. The van der Waals surface area contributed by atoms with E-state index in [1.165, 1.54) is 17.5 Å². The van der Waals surface area contributed by atoms with Crippen LogP contribution in [-0.4, -0.2) is 12.5 Å². The number of fused-ring (bicyclic) bond motifs is 1. The van der Waals surface area contributed by atoms with Gasteiger partial charge in [0.25, 0.3) is 0 Å². The summed E-state index contributed by atoms with van der Waals surface area (Å²) in [6.45, 7) is 0.641. The lowest BCUT2D eigenvalue weighted by atomic mass is 9.66. The molecule has 3 rings (SSSR count). The van der Waals surface area contributed by atoms with Crippen LogP contribution in [-0.2, 0) is 11.2 Å². The Morgan fingerprint density at radius 1 is 1.30 bits per heavy atom. The SMILES string of the molecule is NCC1(CC(=O)NC2CCCc3ccccc32)CCC1. The van der Waals surface area contributed by atoms with Crippen molar-refractivity contribution < 1.29 is 4.79 Å². The summed E-state index contributed by atoms with van der Waals surface area (Å²) in [5.41, 5.74) is 8.64. The standard InChI is InChI=1S/C17H24N2O/c18-12-17(9-4-10-17)11-16(20)19-15-8-3-6-13-5-1-2-7-14(13)15/h1-2,5,7,15H,3-4,6,8-12,18H2,(H,19,20). The van der Waals surface area contributed by atoms with Gasteiger partial charge in [0.1, 0.15) is 0 Å². The van der Waals surface area contributed by atoms with Crippen molar-refractivity contribution in [3.63, 3.8) is 0 Å². The van der Waals surface area contributed by atoms with Crippen molar-refractivity contribution in [2.75, 3.05) is 6.54 Å². The van der Waals surface area contributed by atoms with Gasteiger partial charge in [0.15, 0.2) is 0 Å². The summed E-state index contributed by atoms with van der Waals surface area (Å²) < 4.78 is 0. The third-order valence-corrected chi connectivity index (χ3v) is 5.09. The first kappa shape index (κ1) is 13.6. The van der Waals surface area contributed by atoms with Crippen molar-refractivity contribution >= 4 is 5.91 Å². The third kappa shape index (κ3) is 2.59. The van der Waals surface area contributed by atoms with Crippen molar-refractivity contribution in [3.05, 3.63) is 35.4 Å². The highest BCUT2D eigenvalue weighted by Crippen LogP contribution is 2.43. The van der Waals surface area contributed by atoms with Gasteiger partial charge in [-0.15, -0.1) is 0 Å². The summed E-state index contributed by atoms with van der Waals surface area (Å²) in [5, 5.41) is 3.24. The summed E-state index contributed by atoms with van der Waals surface area (Å²) in [6, 6.07) is 8.68. The molecule has 3 heteroatoms. The van der Waals surface area contributed by atoms with Crippen LogP contribution in [0.1, 0.15) is 55.7 Å². The average Bonchev–Trinajstić information content (AvgIpc) is 2.43. The number of carbonyl (C=O) groups is 1. The molecule has 0 saturated heterocycles. The second-order valence-corrected chi connectivity index (χ2v) is 6.45. The van der Waals surface area contributed by atoms with Gasteiger partial charge in [0, 0.05) is 6.42 Å². The van der Waals surface area contributed by atoms with Crippen LogP contribution >= 0.6 is 0 Å².